The summed E-state index contributed by atoms with van der Waals surface area (Å²) in [5.74, 6) is -1.28. The van der Waals surface area contributed by atoms with Gasteiger partial charge >= 0.3 is 5.76 Å². The molecule has 0 aliphatic rings. The second kappa shape index (κ2) is 9.54. The third kappa shape index (κ3) is 5.19. The fourth-order valence-corrected chi connectivity index (χ4v) is 4.74. The summed E-state index contributed by atoms with van der Waals surface area (Å²) in [5.41, 5.74) is 1.53. The van der Waals surface area contributed by atoms with E-state index in [-0.39, 0.29) is 27.2 Å². The molecule has 0 atom stereocenters. The molecule has 1 amide bonds. The number of hydrogen-bond donors (Lipinski definition) is 2. The van der Waals surface area contributed by atoms with E-state index in [1.165, 1.54) is 6.07 Å². The number of sulfonamides is 1. The van der Waals surface area contributed by atoms with Crippen molar-refractivity contribution in [2.45, 2.75) is 18.4 Å². The quantitative estimate of drug-likeness (QED) is 0.398. The number of benzene rings is 3. The van der Waals surface area contributed by atoms with E-state index in [9.17, 15) is 18.0 Å². The minimum absolute atomic E-state index is 0.0322. The molecule has 1 aromatic heterocycles. The first kappa shape index (κ1) is 23.3. The largest absolute Gasteiger partial charge is 0.437 e. The molecule has 2 N–H and O–H groups in total. The van der Waals surface area contributed by atoms with Gasteiger partial charge in [-0.1, -0.05) is 48.0 Å². The summed E-state index contributed by atoms with van der Waals surface area (Å²) in [7, 11) is -3.99. The smallest absolute Gasteiger partial charge is 0.388 e. The third-order valence-corrected chi connectivity index (χ3v) is 6.64. The van der Waals surface area contributed by atoms with Gasteiger partial charge in [0.15, 0.2) is 0 Å². The number of aromatic nitrogens is 2. The molecule has 174 valence electrons. The topological polar surface area (TPSA) is 123 Å². The third-order valence-electron chi connectivity index (χ3n) is 4.80. The van der Waals surface area contributed by atoms with Gasteiger partial charge in [-0.05, 0) is 48.9 Å². The lowest BCUT2D eigenvalue weighted by Gasteiger charge is -2.13. The fourth-order valence-electron chi connectivity index (χ4n) is 3.15. The van der Waals surface area contributed by atoms with Gasteiger partial charge in [0.05, 0.1) is 15.6 Å². The molecule has 0 unspecified atom stereocenters. The van der Waals surface area contributed by atoms with Crippen LogP contribution in [0, 0.1) is 6.92 Å². The molecule has 0 radical (unpaired) electrons. The Morgan fingerprint density at radius 3 is 2.50 bits per heavy atom. The van der Waals surface area contributed by atoms with Crippen molar-refractivity contribution in [1.29, 1.82) is 0 Å². The van der Waals surface area contributed by atoms with Crippen molar-refractivity contribution in [3.63, 3.8) is 0 Å². The van der Waals surface area contributed by atoms with Crippen molar-refractivity contribution in [2.75, 3.05) is 10.0 Å². The van der Waals surface area contributed by atoms with E-state index >= 15 is 0 Å². The van der Waals surface area contributed by atoms with E-state index in [1.807, 2.05) is 6.07 Å². The molecule has 0 fully saturated rings. The van der Waals surface area contributed by atoms with Crippen LogP contribution in [0.2, 0.25) is 5.02 Å². The second-order valence-corrected chi connectivity index (χ2v) is 9.37. The van der Waals surface area contributed by atoms with Crippen LogP contribution in [0.5, 0.6) is 0 Å². The van der Waals surface area contributed by atoms with Gasteiger partial charge in [0, 0.05) is 11.3 Å². The highest BCUT2D eigenvalue weighted by atomic mass is 35.5. The van der Waals surface area contributed by atoms with Crippen molar-refractivity contribution >= 4 is 38.9 Å². The summed E-state index contributed by atoms with van der Waals surface area (Å²) in [4.78, 5) is 24.6. The molecule has 4 aromatic rings. The summed E-state index contributed by atoms with van der Waals surface area (Å²) in [6, 6.07) is 19.7. The highest BCUT2D eigenvalue weighted by Crippen LogP contribution is 2.27. The van der Waals surface area contributed by atoms with E-state index in [0.717, 1.165) is 4.68 Å². The number of amides is 1. The van der Waals surface area contributed by atoms with Gasteiger partial charge in [0.1, 0.15) is 6.54 Å². The van der Waals surface area contributed by atoms with Gasteiger partial charge < -0.3 is 9.73 Å². The molecule has 0 bridgehead atoms. The van der Waals surface area contributed by atoms with Crippen LogP contribution in [0.1, 0.15) is 5.56 Å². The molecular weight excluding hydrogens is 480 g/mol. The molecule has 9 nitrogen and oxygen atoms in total. The van der Waals surface area contributed by atoms with Gasteiger partial charge in [0.25, 0.3) is 10.0 Å². The molecule has 11 heteroatoms. The Bertz CT molecular complexity index is 1510. The number of carbonyl (C=O) groups excluding carboxylic acids is 1. The highest BCUT2D eigenvalue weighted by Gasteiger charge is 2.20. The number of nitrogens with one attached hydrogen (secondary N) is 2. The number of hydrogen-bond acceptors (Lipinski definition) is 6. The second-order valence-electron chi connectivity index (χ2n) is 7.31. The standard InChI is InChI=1S/C23H19ClN4O5S/c1-15-11-12-17(13-20(15)34(31,32)27-19-10-6-5-9-18(19)24)25-21(29)14-28-23(30)33-22(26-28)16-7-3-2-4-8-16/h2-13,27H,14H2,1H3,(H,25,29). The molecule has 0 spiro atoms. The molecule has 1 heterocycles. The van der Waals surface area contributed by atoms with Crippen LogP contribution in [-0.2, 0) is 21.4 Å². The van der Waals surface area contributed by atoms with Crippen LogP contribution in [-0.4, -0.2) is 24.1 Å². The summed E-state index contributed by atoms with van der Waals surface area (Å²) in [6.45, 7) is 1.22. The first-order chi connectivity index (χ1) is 16.2. The van der Waals surface area contributed by atoms with Crippen molar-refractivity contribution in [3.8, 4) is 11.5 Å². The molecular formula is C23H19ClN4O5S. The Labute approximate surface area is 200 Å². The molecule has 34 heavy (non-hydrogen) atoms. The predicted octanol–water partition coefficient (Wildman–Crippen LogP) is 3.90. The maximum atomic E-state index is 12.9. The Balaban J connectivity index is 1.51. The van der Waals surface area contributed by atoms with Gasteiger partial charge in [-0.25, -0.2) is 13.2 Å². The van der Waals surface area contributed by atoms with Crippen LogP contribution < -0.4 is 15.8 Å². The minimum Gasteiger partial charge on any atom is -0.388 e. The van der Waals surface area contributed by atoms with E-state index in [1.54, 1.807) is 67.6 Å². The SMILES string of the molecule is Cc1ccc(NC(=O)Cn2nc(-c3ccccc3)oc2=O)cc1S(=O)(=O)Nc1ccccc1Cl. The molecule has 0 saturated carbocycles. The Hall–Kier alpha value is -3.89. The zero-order valence-corrected chi connectivity index (χ0v) is 19.4. The highest BCUT2D eigenvalue weighted by molar-refractivity contribution is 7.92. The molecule has 0 saturated heterocycles. The normalized spacial score (nSPS) is 11.2. The number of para-hydroxylation sites is 1. The number of carbonyl (C=O) groups is 1. The molecule has 0 aliphatic heterocycles. The Morgan fingerprint density at radius 1 is 1.06 bits per heavy atom. The summed E-state index contributed by atoms with van der Waals surface area (Å²) >= 11 is 6.06. The van der Waals surface area contributed by atoms with Crippen LogP contribution in [0.15, 0.2) is 86.9 Å². The number of nitrogens with zero attached hydrogens (tertiary/aromatic N) is 2. The lowest BCUT2D eigenvalue weighted by atomic mass is 10.2. The van der Waals surface area contributed by atoms with Gasteiger partial charge in [-0.15, -0.1) is 5.10 Å². The number of anilines is 2. The summed E-state index contributed by atoms with van der Waals surface area (Å²) < 4.78 is 34.3. The van der Waals surface area contributed by atoms with Crippen LogP contribution in [0.25, 0.3) is 11.5 Å². The maximum Gasteiger partial charge on any atom is 0.437 e. The lowest BCUT2D eigenvalue weighted by molar-refractivity contribution is -0.117. The van der Waals surface area contributed by atoms with Gasteiger partial charge in [-0.3, -0.25) is 9.52 Å². The first-order valence-corrected chi connectivity index (χ1v) is 11.9. The van der Waals surface area contributed by atoms with Crippen molar-refractivity contribution < 1.29 is 17.6 Å². The number of aryl methyl sites for hydroxylation is 1. The molecule has 0 aliphatic carbocycles. The Morgan fingerprint density at radius 2 is 1.76 bits per heavy atom. The predicted molar refractivity (Wildman–Crippen MR) is 128 cm³/mol. The maximum absolute atomic E-state index is 12.9. The van der Waals surface area contributed by atoms with Gasteiger partial charge in [-0.2, -0.15) is 4.68 Å². The van der Waals surface area contributed by atoms with E-state index in [4.69, 9.17) is 16.0 Å². The Kier molecular flexibility index (Phi) is 6.53. The van der Waals surface area contributed by atoms with Crippen molar-refractivity contribution in [2.24, 2.45) is 0 Å². The van der Waals surface area contributed by atoms with Crippen LogP contribution in [0.4, 0.5) is 11.4 Å². The fraction of sp³-hybridized carbons (Fsp3) is 0.0870. The van der Waals surface area contributed by atoms with Crippen molar-refractivity contribution in [3.05, 3.63) is 93.9 Å². The number of rotatable bonds is 7. The minimum atomic E-state index is -3.99. The monoisotopic (exact) mass is 498 g/mol. The average molecular weight is 499 g/mol. The van der Waals surface area contributed by atoms with E-state index in [0.29, 0.717) is 11.1 Å². The van der Waals surface area contributed by atoms with E-state index in [2.05, 4.69) is 15.1 Å². The summed E-state index contributed by atoms with van der Waals surface area (Å²) in [6.07, 6.45) is 0. The summed E-state index contributed by atoms with van der Waals surface area (Å²) in [5, 5.41) is 6.88. The zero-order chi connectivity index (χ0) is 24.3. The zero-order valence-electron chi connectivity index (χ0n) is 17.9. The van der Waals surface area contributed by atoms with E-state index < -0.39 is 28.2 Å². The first-order valence-electron chi connectivity index (χ1n) is 10.0. The van der Waals surface area contributed by atoms with Crippen LogP contribution in [0.3, 0.4) is 0 Å². The average Bonchev–Trinajstić information content (AvgIpc) is 3.17. The lowest BCUT2D eigenvalue weighted by Crippen LogP contribution is -2.26. The molecule has 4 rings (SSSR count). The number of halogens is 1. The van der Waals surface area contributed by atoms with Crippen molar-refractivity contribution in [1.82, 2.24) is 9.78 Å². The van der Waals surface area contributed by atoms with Crippen LogP contribution >= 0.6 is 11.6 Å². The molecule has 3 aromatic carbocycles. The van der Waals surface area contributed by atoms with Gasteiger partial charge in [0.2, 0.25) is 11.8 Å².